The van der Waals surface area contributed by atoms with Gasteiger partial charge in [0.1, 0.15) is 0 Å². The molecule has 1 amide bonds. The standard InChI is InChI=1S/C35H42F3N5O5/c1-4-47-33-39-30(45-3)27(31(40-33)48-23-35(36,37)38)19-41-17-26-18-42(32(44)34(2)21-46-22-34)15-16-43(26)28(20-41)29(24-11-7-5-8-12-24)25-13-9-6-10-14-25/h5-14,26,28-29H,4,15-23H2,1-3H3/t26-,28+/m1/s1. The second-order valence-corrected chi connectivity index (χ2v) is 12.9. The van der Waals surface area contributed by atoms with Crippen LogP contribution in [-0.2, 0) is 16.1 Å². The third-order valence-corrected chi connectivity index (χ3v) is 9.35. The number of halogens is 3. The Kier molecular flexibility index (Phi) is 10.1. The summed E-state index contributed by atoms with van der Waals surface area (Å²) in [4.78, 5) is 28.8. The van der Waals surface area contributed by atoms with E-state index in [9.17, 15) is 18.0 Å². The molecule has 48 heavy (non-hydrogen) atoms. The molecular formula is C35H42F3N5O5. The lowest BCUT2D eigenvalue weighted by atomic mass is 9.81. The van der Waals surface area contributed by atoms with Gasteiger partial charge in [-0.25, -0.2) is 0 Å². The van der Waals surface area contributed by atoms with Gasteiger partial charge >= 0.3 is 12.2 Å². The molecule has 0 aliphatic carbocycles. The molecule has 10 nitrogen and oxygen atoms in total. The van der Waals surface area contributed by atoms with Gasteiger partial charge < -0.3 is 23.8 Å². The molecule has 3 aromatic rings. The summed E-state index contributed by atoms with van der Waals surface area (Å²) in [6.45, 7) is 6.31. The van der Waals surface area contributed by atoms with E-state index in [0.717, 1.165) is 11.1 Å². The maximum Gasteiger partial charge on any atom is 0.422 e. The van der Waals surface area contributed by atoms with Crippen LogP contribution in [0.1, 0.15) is 36.5 Å². The minimum atomic E-state index is -4.57. The van der Waals surface area contributed by atoms with E-state index >= 15 is 0 Å². The van der Waals surface area contributed by atoms with Gasteiger partial charge in [-0.15, -0.1) is 0 Å². The number of aromatic nitrogens is 2. The summed E-state index contributed by atoms with van der Waals surface area (Å²) in [6.07, 6.45) is -4.57. The second-order valence-electron chi connectivity index (χ2n) is 12.9. The van der Waals surface area contributed by atoms with Gasteiger partial charge in [-0.3, -0.25) is 14.6 Å². The molecule has 6 rings (SSSR count). The Bertz CT molecular complexity index is 1500. The number of benzene rings is 2. The summed E-state index contributed by atoms with van der Waals surface area (Å²) >= 11 is 0. The number of nitrogens with zero attached hydrogens (tertiary/aromatic N) is 5. The lowest BCUT2D eigenvalue weighted by Crippen LogP contribution is -2.68. The number of carbonyl (C=O) groups is 1. The van der Waals surface area contributed by atoms with Gasteiger partial charge in [-0.05, 0) is 25.0 Å². The van der Waals surface area contributed by atoms with Gasteiger partial charge in [0, 0.05) is 57.3 Å². The average molecular weight is 670 g/mol. The van der Waals surface area contributed by atoms with E-state index in [-0.39, 0.29) is 54.8 Å². The fourth-order valence-corrected chi connectivity index (χ4v) is 7.11. The van der Waals surface area contributed by atoms with Crippen LogP contribution in [0, 0.1) is 5.41 Å². The molecule has 3 aliphatic heterocycles. The Morgan fingerprint density at radius 3 is 2.17 bits per heavy atom. The molecule has 13 heteroatoms. The zero-order valence-electron chi connectivity index (χ0n) is 27.5. The topological polar surface area (TPSA) is 89.5 Å². The molecule has 1 aromatic heterocycles. The minimum Gasteiger partial charge on any atom is -0.481 e. The highest BCUT2D eigenvalue weighted by atomic mass is 19.4. The number of hydrogen-bond donors (Lipinski definition) is 0. The number of piperazine rings is 2. The van der Waals surface area contributed by atoms with Gasteiger partial charge in [-0.2, -0.15) is 23.1 Å². The predicted molar refractivity (Wildman–Crippen MR) is 171 cm³/mol. The molecule has 258 valence electrons. The summed E-state index contributed by atoms with van der Waals surface area (Å²) < 4.78 is 61.7. The van der Waals surface area contributed by atoms with E-state index in [1.165, 1.54) is 7.11 Å². The van der Waals surface area contributed by atoms with Crippen LogP contribution in [0.15, 0.2) is 60.7 Å². The normalized spacial score (nSPS) is 21.4. The Labute approximate surface area is 278 Å². The molecule has 4 heterocycles. The number of alkyl halides is 3. The molecule has 3 fully saturated rings. The van der Waals surface area contributed by atoms with E-state index in [4.69, 9.17) is 18.9 Å². The van der Waals surface area contributed by atoms with Crippen molar-refractivity contribution in [3.05, 3.63) is 77.4 Å². The second kappa shape index (κ2) is 14.3. The number of ether oxygens (including phenoxy) is 4. The van der Waals surface area contributed by atoms with Crippen LogP contribution in [-0.4, -0.2) is 115 Å². The largest absolute Gasteiger partial charge is 0.481 e. The number of methoxy groups -OCH3 is 1. The first-order chi connectivity index (χ1) is 23.1. The molecule has 0 N–H and O–H groups in total. The highest BCUT2D eigenvalue weighted by molar-refractivity contribution is 5.83. The van der Waals surface area contributed by atoms with Crippen LogP contribution in [0.2, 0.25) is 0 Å². The van der Waals surface area contributed by atoms with E-state index in [1.54, 1.807) is 6.92 Å². The van der Waals surface area contributed by atoms with Crippen molar-refractivity contribution < 1.29 is 36.9 Å². The smallest absolute Gasteiger partial charge is 0.422 e. The molecule has 0 spiro atoms. The Balaban J connectivity index is 1.37. The molecule has 0 radical (unpaired) electrons. The van der Waals surface area contributed by atoms with Crippen molar-refractivity contribution in [3.8, 4) is 17.8 Å². The zero-order valence-corrected chi connectivity index (χ0v) is 27.5. The first-order valence-corrected chi connectivity index (χ1v) is 16.3. The van der Waals surface area contributed by atoms with Crippen molar-refractivity contribution in [2.24, 2.45) is 5.41 Å². The highest BCUT2D eigenvalue weighted by Gasteiger charge is 2.48. The Hall–Kier alpha value is -3.94. The summed E-state index contributed by atoms with van der Waals surface area (Å²) in [5.74, 6) is -0.0700. The zero-order chi connectivity index (χ0) is 33.9. The van der Waals surface area contributed by atoms with E-state index < -0.39 is 18.2 Å². The molecule has 0 saturated carbocycles. The number of carbonyl (C=O) groups excluding carboxylic acids is 1. The fourth-order valence-electron chi connectivity index (χ4n) is 7.11. The number of fused-ring (bicyclic) bond motifs is 1. The van der Waals surface area contributed by atoms with Crippen molar-refractivity contribution in [1.82, 2.24) is 24.7 Å². The number of rotatable bonds is 11. The molecule has 3 saturated heterocycles. The quantitative estimate of drug-likeness (QED) is 0.295. The molecule has 0 unspecified atom stereocenters. The lowest BCUT2D eigenvalue weighted by molar-refractivity contribution is -0.173. The SMILES string of the molecule is CCOc1nc(OC)c(CN2C[C@@H]3CN(C(=O)C4(C)COC4)CCN3[C@H](C(c3ccccc3)c3ccccc3)C2)c(OCC(F)(F)F)n1. The van der Waals surface area contributed by atoms with Crippen LogP contribution in [0.25, 0.3) is 0 Å². The molecular weight excluding hydrogens is 627 g/mol. The van der Waals surface area contributed by atoms with Crippen molar-refractivity contribution in [2.45, 2.75) is 44.6 Å². The van der Waals surface area contributed by atoms with Crippen LogP contribution in [0.4, 0.5) is 13.2 Å². The molecule has 3 aliphatic rings. The fraction of sp³-hybridized carbons (Fsp3) is 0.514. The van der Waals surface area contributed by atoms with Crippen molar-refractivity contribution >= 4 is 5.91 Å². The molecule has 2 atom stereocenters. The predicted octanol–water partition coefficient (Wildman–Crippen LogP) is 4.39. The van der Waals surface area contributed by atoms with Crippen molar-refractivity contribution in [3.63, 3.8) is 0 Å². The van der Waals surface area contributed by atoms with Crippen LogP contribution in [0.5, 0.6) is 17.8 Å². The van der Waals surface area contributed by atoms with Gasteiger partial charge in [0.15, 0.2) is 6.61 Å². The van der Waals surface area contributed by atoms with Crippen LogP contribution < -0.4 is 14.2 Å². The molecule has 0 bridgehead atoms. The van der Waals surface area contributed by atoms with Gasteiger partial charge in [0.05, 0.1) is 37.9 Å². The maximum absolute atomic E-state index is 13.6. The van der Waals surface area contributed by atoms with Crippen molar-refractivity contribution in [2.75, 3.05) is 66.3 Å². The summed E-state index contributed by atoms with van der Waals surface area (Å²) in [5.41, 5.74) is 2.09. The highest BCUT2D eigenvalue weighted by Crippen LogP contribution is 2.39. The minimum absolute atomic E-state index is 0.0167. The van der Waals surface area contributed by atoms with Gasteiger partial charge in [0.25, 0.3) is 0 Å². The molecule has 2 aromatic carbocycles. The lowest BCUT2D eigenvalue weighted by Gasteiger charge is -2.54. The van der Waals surface area contributed by atoms with Gasteiger partial charge in [-0.1, -0.05) is 60.7 Å². The van der Waals surface area contributed by atoms with Gasteiger partial charge in [0.2, 0.25) is 17.7 Å². The summed E-state index contributed by atoms with van der Waals surface area (Å²) in [6, 6.07) is 20.5. The maximum atomic E-state index is 13.6. The first kappa shape index (κ1) is 33.9. The first-order valence-electron chi connectivity index (χ1n) is 16.3. The summed E-state index contributed by atoms with van der Waals surface area (Å²) in [7, 11) is 1.41. The third kappa shape index (κ3) is 7.37. The van der Waals surface area contributed by atoms with Crippen LogP contribution >= 0.6 is 0 Å². The van der Waals surface area contributed by atoms with E-state index in [1.807, 2.05) is 48.2 Å². The van der Waals surface area contributed by atoms with Crippen LogP contribution in [0.3, 0.4) is 0 Å². The monoisotopic (exact) mass is 669 g/mol. The van der Waals surface area contributed by atoms with E-state index in [2.05, 4.69) is 44.0 Å². The Morgan fingerprint density at radius 1 is 0.958 bits per heavy atom. The summed E-state index contributed by atoms with van der Waals surface area (Å²) in [5, 5.41) is 0. The average Bonchev–Trinajstić information content (AvgIpc) is 3.07. The number of hydrogen-bond acceptors (Lipinski definition) is 9. The Morgan fingerprint density at radius 2 is 1.60 bits per heavy atom. The van der Waals surface area contributed by atoms with E-state index in [0.29, 0.717) is 51.5 Å². The third-order valence-electron chi connectivity index (χ3n) is 9.35. The van der Waals surface area contributed by atoms with Crippen molar-refractivity contribution in [1.29, 1.82) is 0 Å². The number of amides is 1.